The van der Waals surface area contributed by atoms with Crippen LogP contribution in [0.2, 0.25) is 0 Å². The van der Waals surface area contributed by atoms with Gasteiger partial charge in [0, 0.05) is 7.05 Å². The van der Waals surface area contributed by atoms with Gasteiger partial charge in [-0.25, -0.2) is 8.78 Å². The Morgan fingerprint density at radius 3 is 2.67 bits per heavy atom. The lowest BCUT2D eigenvalue weighted by Crippen LogP contribution is -1.99. The first kappa shape index (κ1) is 8.57. The fourth-order valence-electron chi connectivity index (χ4n) is 0.820. The molecule has 0 atom stereocenters. The summed E-state index contributed by atoms with van der Waals surface area (Å²) >= 11 is 0. The minimum Gasteiger partial charge on any atom is -0.358 e. The Kier molecular flexibility index (Phi) is 2.03. The second-order valence-corrected chi connectivity index (χ2v) is 2.12. The fourth-order valence-corrected chi connectivity index (χ4v) is 0.820. The van der Waals surface area contributed by atoms with Gasteiger partial charge in [-0.2, -0.15) is 0 Å². The van der Waals surface area contributed by atoms with Crippen LogP contribution in [0.5, 0.6) is 0 Å². The molecule has 0 fully saturated rings. The van der Waals surface area contributed by atoms with Gasteiger partial charge in [0.2, 0.25) is 6.33 Å². The van der Waals surface area contributed by atoms with Crippen molar-refractivity contribution >= 4 is 5.82 Å². The molecule has 0 radical (unpaired) electrons. The van der Waals surface area contributed by atoms with Crippen molar-refractivity contribution in [3.63, 3.8) is 0 Å². The van der Waals surface area contributed by atoms with Gasteiger partial charge in [0.25, 0.3) is 6.43 Å². The maximum atomic E-state index is 12.1. The second-order valence-electron chi connectivity index (χ2n) is 2.12. The van der Waals surface area contributed by atoms with E-state index in [-0.39, 0.29) is 0 Å². The van der Waals surface area contributed by atoms with Gasteiger partial charge in [0.1, 0.15) is 0 Å². The van der Waals surface area contributed by atoms with E-state index in [0.717, 1.165) is 10.9 Å². The standard InChI is InChI=1S/C5H5F2N3O2/c1-9-2-8-5(10(11)12)3(9)4(6)7/h2,4H,1H3. The molecule has 0 bridgehead atoms. The molecular weight excluding hydrogens is 172 g/mol. The topological polar surface area (TPSA) is 61.0 Å². The lowest BCUT2D eigenvalue weighted by atomic mass is 10.4. The maximum absolute atomic E-state index is 12.1. The van der Waals surface area contributed by atoms with Crippen molar-refractivity contribution < 1.29 is 13.7 Å². The van der Waals surface area contributed by atoms with Crippen LogP contribution in [0.3, 0.4) is 0 Å². The highest BCUT2D eigenvalue weighted by Gasteiger charge is 2.27. The Balaban J connectivity index is 3.21. The Bertz CT molecular complexity index is 310. The molecule has 0 aliphatic carbocycles. The average Bonchev–Trinajstić information content (AvgIpc) is 2.30. The lowest BCUT2D eigenvalue weighted by molar-refractivity contribution is -0.390. The van der Waals surface area contributed by atoms with Crippen LogP contribution in [0.25, 0.3) is 0 Å². The van der Waals surface area contributed by atoms with Crippen molar-refractivity contribution in [1.82, 2.24) is 9.55 Å². The molecule has 0 aromatic carbocycles. The van der Waals surface area contributed by atoms with E-state index in [2.05, 4.69) is 4.98 Å². The normalized spacial score (nSPS) is 10.7. The van der Waals surface area contributed by atoms with E-state index in [0.29, 0.717) is 0 Å². The van der Waals surface area contributed by atoms with Crippen LogP contribution in [-0.4, -0.2) is 14.5 Å². The summed E-state index contributed by atoms with van der Waals surface area (Å²) in [6.07, 6.45) is -1.89. The number of aromatic nitrogens is 2. The maximum Gasteiger partial charge on any atom is 0.390 e. The van der Waals surface area contributed by atoms with Crippen molar-refractivity contribution in [2.45, 2.75) is 6.43 Å². The molecule has 1 aromatic rings. The van der Waals surface area contributed by atoms with Gasteiger partial charge >= 0.3 is 5.82 Å². The van der Waals surface area contributed by atoms with Crippen LogP contribution in [0.1, 0.15) is 12.1 Å². The van der Waals surface area contributed by atoms with E-state index in [1.54, 1.807) is 0 Å². The van der Waals surface area contributed by atoms with Gasteiger partial charge in [-0.15, -0.1) is 0 Å². The van der Waals surface area contributed by atoms with Gasteiger partial charge < -0.3 is 14.7 Å². The molecule has 0 amide bonds. The first-order chi connectivity index (χ1) is 5.54. The zero-order valence-corrected chi connectivity index (χ0v) is 6.07. The highest BCUT2D eigenvalue weighted by atomic mass is 19.3. The van der Waals surface area contributed by atoms with E-state index in [9.17, 15) is 18.9 Å². The summed E-state index contributed by atoms with van der Waals surface area (Å²) in [7, 11) is 1.28. The first-order valence-electron chi connectivity index (χ1n) is 2.97. The molecule has 66 valence electrons. The van der Waals surface area contributed by atoms with Crippen LogP contribution < -0.4 is 0 Å². The summed E-state index contributed by atoms with van der Waals surface area (Å²) in [5, 5.41) is 10.1. The van der Waals surface area contributed by atoms with Crippen molar-refractivity contribution in [2.75, 3.05) is 0 Å². The molecule has 12 heavy (non-hydrogen) atoms. The predicted molar refractivity (Wildman–Crippen MR) is 34.8 cm³/mol. The third-order valence-corrected chi connectivity index (χ3v) is 1.34. The zero-order valence-electron chi connectivity index (χ0n) is 6.07. The van der Waals surface area contributed by atoms with Gasteiger partial charge in [0.05, 0.1) is 0 Å². The molecule has 0 aliphatic rings. The monoisotopic (exact) mass is 177 g/mol. The molecule has 0 spiro atoms. The Hall–Kier alpha value is -1.53. The van der Waals surface area contributed by atoms with Crippen molar-refractivity contribution in [1.29, 1.82) is 0 Å². The highest BCUT2D eigenvalue weighted by molar-refractivity contribution is 5.27. The molecular formula is C5H5F2N3O2. The number of halogens is 2. The number of nitrogens with zero attached hydrogens (tertiary/aromatic N) is 3. The smallest absolute Gasteiger partial charge is 0.358 e. The number of rotatable bonds is 2. The third-order valence-electron chi connectivity index (χ3n) is 1.34. The average molecular weight is 177 g/mol. The number of nitro groups is 1. The Morgan fingerprint density at radius 2 is 2.33 bits per heavy atom. The summed E-state index contributed by atoms with van der Waals surface area (Å²) in [4.78, 5) is 12.4. The Labute approximate surface area is 65.8 Å². The quantitative estimate of drug-likeness (QED) is 0.504. The predicted octanol–water partition coefficient (Wildman–Crippen LogP) is 1.27. The lowest BCUT2D eigenvalue weighted by Gasteiger charge is -1.98. The molecule has 0 saturated heterocycles. The third kappa shape index (κ3) is 1.25. The Morgan fingerprint density at radius 1 is 1.75 bits per heavy atom. The van der Waals surface area contributed by atoms with Crippen molar-refractivity contribution in [2.24, 2.45) is 7.05 Å². The van der Waals surface area contributed by atoms with Crippen LogP contribution >= 0.6 is 0 Å². The second kappa shape index (κ2) is 2.84. The number of hydrogen-bond acceptors (Lipinski definition) is 3. The van der Waals surface area contributed by atoms with E-state index < -0.39 is 22.9 Å². The van der Waals surface area contributed by atoms with E-state index in [1.165, 1.54) is 7.05 Å². The SMILES string of the molecule is Cn1cnc([N+](=O)[O-])c1C(F)F. The summed E-state index contributed by atoms with van der Waals surface area (Å²) < 4.78 is 25.2. The largest absolute Gasteiger partial charge is 0.390 e. The number of alkyl halides is 2. The van der Waals surface area contributed by atoms with Crippen molar-refractivity contribution in [3.05, 3.63) is 22.1 Å². The zero-order chi connectivity index (χ0) is 9.30. The molecule has 0 aliphatic heterocycles. The molecule has 5 nitrogen and oxygen atoms in total. The summed E-state index contributed by atoms with van der Waals surface area (Å²) in [5.74, 6) is -0.785. The van der Waals surface area contributed by atoms with Gasteiger partial charge in [0.15, 0.2) is 5.69 Å². The number of aryl methyl sites for hydroxylation is 1. The molecule has 7 heteroatoms. The summed E-state index contributed by atoms with van der Waals surface area (Å²) in [5.41, 5.74) is -0.667. The molecule has 0 N–H and O–H groups in total. The summed E-state index contributed by atoms with van der Waals surface area (Å²) in [6.45, 7) is 0. The van der Waals surface area contributed by atoms with E-state index in [4.69, 9.17) is 0 Å². The highest BCUT2D eigenvalue weighted by Crippen LogP contribution is 2.26. The summed E-state index contributed by atoms with van der Waals surface area (Å²) in [6, 6.07) is 0. The van der Waals surface area contributed by atoms with Gasteiger partial charge in [-0.05, 0) is 9.91 Å². The number of imidazole rings is 1. The minimum absolute atomic E-state index is 0.667. The van der Waals surface area contributed by atoms with Crippen LogP contribution in [0.15, 0.2) is 6.33 Å². The van der Waals surface area contributed by atoms with Crippen LogP contribution in [0, 0.1) is 10.1 Å². The molecule has 0 unspecified atom stereocenters. The van der Waals surface area contributed by atoms with E-state index >= 15 is 0 Å². The number of hydrogen-bond donors (Lipinski definition) is 0. The van der Waals surface area contributed by atoms with Crippen molar-refractivity contribution in [3.8, 4) is 0 Å². The molecule has 1 rings (SSSR count). The first-order valence-corrected chi connectivity index (χ1v) is 2.97. The molecule has 0 saturated carbocycles. The molecule has 1 aromatic heterocycles. The van der Waals surface area contributed by atoms with Gasteiger partial charge in [-0.1, -0.05) is 0 Å². The fraction of sp³-hybridized carbons (Fsp3) is 0.400. The van der Waals surface area contributed by atoms with E-state index in [1.807, 2.05) is 0 Å². The van der Waals surface area contributed by atoms with Crippen LogP contribution in [-0.2, 0) is 7.05 Å². The minimum atomic E-state index is -2.88. The molecule has 1 heterocycles. The van der Waals surface area contributed by atoms with Crippen LogP contribution in [0.4, 0.5) is 14.6 Å². The van der Waals surface area contributed by atoms with Gasteiger partial charge in [-0.3, -0.25) is 0 Å².